The van der Waals surface area contributed by atoms with Gasteiger partial charge in [-0.3, -0.25) is 0 Å². The van der Waals surface area contributed by atoms with Gasteiger partial charge in [0.15, 0.2) is 0 Å². The molecule has 2 rings (SSSR count). The monoisotopic (exact) mass is 290 g/mol. The maximum atomic E-state index is 2.21. The van der Waals surface area contributed by atoms with Crippen LogP contribution in [0.1, 0.15) is 0 Å². The first-order valence-corrected chi connectivity index (χ1v) is 6.67. The Balaban J connectivity index is 0.000000206. The maximum Gasteiger partial charge on any atom is 2.00 e. The molecule has 0 unspecified atom stereocenters. The van der Waals surface area contributed by atoms with Crippen molar-refractivity contribution in [3.63, 3.8) is 0 Å². The standard InChI is InChI=1S/2C5H6Si.Ru/c2*1-2-4-6-5-3-1;/h2*1-6H;/q;;+2. The predicted octanol–water partition coefficient (Wildman–Crippen LogP) is 1.51. The van der Waals surface area contributed by atoms with Crippen LogP contribution >= 0.6 is 0 Å². The molecule has 0 aliphatic heterocycles. The average molecular weight is 289 g/mol. The summed E-state index contributed by atoms with van der Waals surface area (Å²) in [7, 11) is 1.03. The van der Waals surface area contributed by atoms with E-state index in [0.717, 1.165) is 0 Å². The van der Waals surface area contributed by atoms with Gasteiger partial charge in [-0.1, -0.05) is 59.1 Å². The van der Waals surface area contributed by atoms with Crippen LogP contribution < -0.4 is 0 Å². The summed E-state index contributed by atoms with van der Waals surface area (Å²) in [4.78, 5) is 0. The minimum Gasteiger partial charge on any atom is -0.0805 e. The minimum atomic E-state index is 0. The quantitative estimate of drug-likeness (QED) is 0.645. The van der Waals surface area contributed by atoms with E-state index in [-0.39, 0.29) is 19.5 Å². The molecule has 0 radical (unpaired) electrons. The van der Waals surface area contributed by atoms with Crippen molar-refractivity contribution in [3.05, 3.63) is 59.1 Å². The summed E-state index contributed by atoms with van der Waals surface area (Å²) in [5, 5.41) is 0. The van der Waals surface area contributed by atoms with Gasteiger partial charge in [-0.15, -0.1) is 0 Å². The summed E-state index contributed by atoms with van der Waals surface area (Å²) in [6, 6.07) is 12.5. The van der Waals surface area contributed by atoms with Crippen LogP contribution in [0.3, 0.4) is 0 Å². The van der Waals surface area contributed by atoms with Crippen LogP contribution in [-0.2, 0) is 19.5 Å². The molecule has 2 aromatic heterocycles. The molecule has 0 amide bonds. The third-order valence-corrected chi connectivity index (χ3v) is 3.11. The second-order valence-electron chi connectivity index (χ2n) is 2.31. The van der Waals surface area contributed by atoms with E-state index in [4.69, 9.17) is 0 Å². The van der Waals surface area contributed by atoms with Gasteiger partial charge in [0.2, 0.25) is 0 Å². The Labute approximate surface area is 96.7 Å². The van der Waals surface area contributed by atoms with Crippen LogP contribution in [0.25, 0.3) is 0 Å². The third-order valence-electron chi connectivity index (χ3n) is 1.33. The summed E-state index contributed by atoms with van der Waals surface area (Å²) in [6.07, 6.45) is 0. The molecule has 0 atom stereocenters. The first-order chi connectivity index (χ1) is 6.00. The zero-order valence-electron chi connectivity index (χ0n) is 7.28. The molecule has 0 fully saturated rings. The minimum absolute atomic E-state index is 0. The summed E-state index contributed by atoms with van der Waals surface area (Å²) >= 11 is 0. The van der Waals surface area contributed by atoms with E-state index in [1.807, 2.05) is 0 Å². The van der Waals surface area contributed by atoms with Gasteiger partial charge in [0.25, 0.3) is 0 Å². The van der Waals surface area contributed by atoms with Gasteiger partial charge in [-0.25, -0.2) is 0 Å². The number of hydrogen-bond acceptors (Lipinski definition) is 0. The van der Waals surface area contributed by atoms with E-state index >= 15 is 0 Å². The third kappa shape index (κ3) is 8.10. The molecule has 13 heavy (non-hydrogen) atoms. The first-order valence-electron chi connectivity index (χ1n) is 4.00. The Morgan fingerprint density at radius 2 is 0.769 bits per heavy atom. The van der Waals surface area contributed by atoms with Crippen molar-refractivity contribution in [2.45, 2.75) is 0 Å². The van der Waals surface area contributed by atoms with E-state index in [0.29, 0.717) is 18.2 Å². The normalized spacial score (nSPS) is 7.38. The van der Waals surface area contributed by atoms with Crippen molar-refractivity contribution in [1.82, 2.24) is 0 Å². The molecule has 0 aromatic carbocycles. The van der Waals surface area contributed by atoms with Gasteiger partial charge in [-0.2, -0.15) is 0 Å². The van der Waals surface area contributed by atoms with Crippen molar-refractivity contribution < 1.29 is 19.5 Å². The fourth-order valence-electron chi connectivity index (χ4n) is 0.770. The van der Waals surface area contributed by atoms with Crippen LogP contribution in [0, 0.1) is 0 Å². The molecule has 2 heterocycles. The van der Waals surface area contributed by atoms with E-state index in [1.54, 1.807) is 0 Å². The predicted molar refractivity (Wildman–Crippen MR) is 58.4 cm³/mol. The Bertz CT molecular complexity index is 188. The molecule has 0 saturated heterocycles. The van der Waals surface area contributed by atoms with Crippen molar-refractivity contribution in [2.75, 3.05) is 0 Å². The molecule has 0 aliphatic rings. The summed E-state index contributed by atoms with van der Waals surface area (Å²) in [5.74, 6) is 0. The Hall–Kier alpha value is -0.243. The molecule has 0 nitrogen and oxygen atoms in total. The molecule has 0 saturated carbocycles. The van der Waals surface area contributed by atoms with Crippen molar-refractivity contribution in [1.29, 1.82) is 0 Å². The molecule has 0 bridgehead atoms. The number of hydrogen-bond donors (Lipinski definition) is 0. The van der Waals surface area contributed by atoms with Crippen molar-refractivity contribution >= 4 is 18.2 Å². The molecule has 66 valence electrons. The Kier molecular flexibility index (Phi) is 9.66. The van der Waals surface area contributed by atoms with E-state index in [2.05, 4.69) is 59.1 Å². The molecule has 2 aromatic rings. The van der Waals surface area contributed by atoms with E-state index in [1.165, 1.54) is 0 Å². The van der Waals surface area contributed by atoms with Crippen LogP contribution in [0.5, 0.6) is 0 Å². The Morgan fingerprint density at radius 3 is 0.846 bits per heavy atom. The number of rotatable bonds is 0. The fraction of sp³-hybridized carbons (Fsp3) is 0. The zero-order chi connectivity index (χ0) is 8.49. The van der Waals surface area contributed by atoms with E-state index < -0.39 is 0 Å². The first kappa shape index (κ1) is 12.8. The maximum absolute atomic E-state index is 2.21. The summed E-state index contributed by atoms with van der Waals surface area (Å²) < 4.78 is 0. The zero-order valence-corrected chi connectivity index (χ0v) is 11.3. The van der Waals surface area contributed by atoms with Crippen LogP contribution in [0.15, 0.2) is 59.1 Å². The van der Waals surface area contributed by atoms with Gasteiger partial charge >= 0.3 is 19.5 Å². The summed E-state index contributed by atoms with van der Waals surface area (Å²) in [6.45, 7) is 0. The fourth-order valence-corrected chi connectivity index (χ4v) is 2.05. The second-order valence-corrected chi connectivity index (χ2v) is 4.62. The van der Waals surface area contributed by atoms with Crippen LogP contribution in [0.2, 0.25) is 0 Å². The molecular weight excluding hydrogens is 277 g/mol. The largest absolute Gasteiger partial charge is 2.00 e. The van der Waals surface area contributed by atoms with Gasteiger partial charge < -0.3 is 0 Å². The Morgan fingerprint density at radius 1 is 0.462 bits per heavy atom. The average Bonchev–Trinajstić information content (AvgIpc) is 2.24. The molecule has 3 heteroatoms. The SMILES string of the molecule is [Ru+2].c1cc[siH]cc1.c1cc[siH]cc1. The van der Waals surface area contributed by atoms with Crippen molar-refractivity contribution in [3.8, 4) is 0 Å². The second kappa shape index (κ2) is 9.84. The summed E-state index contributed by atoms with van der Waals surface area (Å²) in [5.41, 5.74) is 8.83. The van der Waals surface area contributed by atoms with Gasteiger partial charge in [0, 0.05) is 18.2 Å². The van der Waals surface area contributed by atoms with E-state index in [9.17, 15) is 0 Å². The van der Waals surface area contributed by atoms with Gasteiger partial charge in [0.1, 0.15) is 0 Å². The van der Waals surface area contributed by atoms with Gasteiger partial charge in [0.05, 0.1) is 0 Å². The smallest absolute Gasteiger partial charge is 0.0805 e. The van der Waals surface area contributed by atoms with Crippen molar-refractivity contribution in [2.24, 2.45) is 0 Å². The van der Waals surface area contributed by atoms with Crippen LogP contribution in [-0.4, -0.2) is 18.2 Å². The topological polar surface area (TPSA) is 0 Å². The molecule has 0 spiro atoms. The van der Waals surface area contributed by atoms with Gasteiger partial charge in [-0.05, 0) is 0 Å². The molecule has 0 N–H and O–H groups in total. The molecule has 0 aliphatic carbocycles. The molecular formula is C10H12RuSi2+2. The van der Waals surface area contributed by atoms with Crippen LogP contribution in [0.4, 0.5) is 0 Å².